The summed E-state index contributed by atoms with van der Waals surface area (Å²) < 4.78 is 4.86. The smallest absolute Gasteiger partial charge is 0.225 e. The molecule has 0 bridgehead atoms. The van der Waals surface area contributed by atoms with Crippen molar-refractivity contribution in [1.29, 1.82) is 0 Å². The molecule has 4 rings (SSSR count). The van der Waals surface area contributed by atoms with E-state index in [4.69, 9.17) is 4.63 Å². The maximum absolute atomic E-state index is 12.1. The van der Waals surface area contributed by atoms with E-state index in [0.717, 1.165) is 60.5 Å². The Morgan fingerprint density at radius 2 is 2.27 bits per heavy atom. The van der Waals surface area contributed by atoms with Gasteiger partial charge in [0.15, 0.2) is 0 Å². The Kier molecular flexibility index (Phi) is 5.26. The summed E-state index contributed by atoms with van der Waals surface area (Å²) >= 11 is 1.63. The molecule has 3 heterocycles. The maximum Gasteiger partial charge on any atom is 0.225 e. The van der Waals surface area contributed by atoms with Crippen molar-refractivity contribution in [3.8, 4) is 0 Å². The SMILES string of the molecule is O=C(Cc1cccs1)NCC1CCCN(Cc2cccc3nonc23)C1. The Morgan fingerprint density at radius 3 is 3.15 bits per heavy atom. The first kappa shape index (κ1) is 17.2. The second kappa shape index (κ2) is 7.97. The highest BCUT2D eigenvalue weighted by molar-refractivity contribution is 7.10. The lowest BCUT2D eigenvalue weighted by atomic mass is 9.97. The van der Waals surface area contributed by atoms with Crippen LogP contribution in [0.2, 0.25) is 0 Å². The molecule has 1 aliphatic rings. The van der Waals surface area contributed by atoms with Gasteiger partial charge in [0.05, 0.1) is 6.42 Å². The van der Waals surface area contributed by atoms with Gasteiger partial charge >= 0.3 is 0 Å². The quantitative estimate of drug-likeness (QED) is 0.722. The van der Waals surface area contributed by atoms with Gasteiger partial charge in [-0.1, -0.05) is 18.2 Å². The van der Waals surface area contributed by atoms with Crippen LogP contribution in [0.4, 0.5) is 0 Å². The van der Waals surface area contributed by atoms with E-state index in [9.17, 15) is 4.79 Å². The lowest BCUT2D eigenvalue weighted by Crippen LogP contribution is -2.40. The average molecular weight is 370 g/mol. The number of benzene rings is 1. The molecular weight excluding hydrogens is 348 g/mol. The molecular formula is C19H22N4O2S. The van der Waals surface area contributed by atoms with Crippen molar-refractivity contribution in [2.45, 2.75) is 25.8 Å². The molecule has 136 valence electrons. The number of thiophene rings is 1. The molecule has 3 aromatic rings. The van der Waals surface area contributed by atoms with Crippen LogP contribution in [0.15, 0.2) is 40.3 Å². The van der Waals surface area contributed by atoms with E-state index in [1.807, 2.05) is 29.6 Å². The van der Waals surface area contributed by atoms with Crippen LogP contribution in [0, 0.1) is 5.92 Å². The molecule has 1 saturated heterocycles. The molecule has 1 aliphatic heterocycles. The van der Waals surface area contributed by atoms with Gasteiger partial charge in [-0.15, -0.1) is 11.3 Å². The van der Waals surface area contributed by atoms with Crippen LogP contribution in [0.3, 0.4) is 0 Å². The van der Waals surface area contributed by atoms with Gasteiger partial charge in [-0.05, 0) is 58.7 Å². The van der Waals surface area contributed by atoms with E-state index in [2.05, 4.69) is 26.6 Å². The standard InChI is InChI=1S/C19H22N4O2S/c24-18(10-16-6-3-9-26-16)20-11-14-4-2-8-23(12-14)13-15-5-1-7-17-19(15)22-25-21-17/h1,3,5-7,9,14H,2,4,8,10-13H2,(H,20,24). The Labute approximate surface area is 156 Å². The Bertz CT molecular complexity index is 861. The van der Waals surface area contributed by atoms with Crippen molar-refractivity contribution >= 4 is 28.3 Å². The number of hydrogen-bond donors (Lipinski definition) is 1. The highest BCUT2D eigenvalue weighted by Crippen LogP contribution is 2.21. The van der Waals surface area contributed by atoms with Gasteiger partial charge in [0.25, 0.3) is 0 Å². The minimum atomic E-state index is 0.114. The number of rotatable bonds is 6. The number of carbonyl (C=O) groups excluding carboxylic acids is 1. The Morgan fingerprint density at radius 1 is 1.31 bits per heavy atom. The summed E-state index contributed by atoms with van der Waals surface area (Å²) in [4.78, 5) is 15.6. The van der Waals surface area contributed by atoms with Gasteiger partial charge in [-0.3, -0.25) is 9.69 Å². The van der Waals surface area contributed by atoms with E-state index in [0.29, 0.717) is 12.3 Å². The molecule has 0 aliphatic carbocycles. The number of amides is 1. The molecule has 7 heteroatoms. The van der Waals surface area contributed by atoms with E-state index < -0.39 is 0 Å². The summed E-state index contributed by atoms with van der Waals surface area (Å²) in [5.74, 6) is 0.605. The molecule has 1 atom stereocenters. The number of piperidine rings is 1. The first-order valence-electron chi connectivity index (χ1n) is 8.99. The highest BCUT2D eigenvalue weighted by Gasteiger charge is 2.21. The lowest BCUT2D eigenvalue weighted by Gasteiger charge is -2.32. The van der Waals surface area contributed by atoms with Crippen molar-refractivity contribution in [2.24, 2.45) is 5.92 Å². The molecule has 26 heavy (non-hydrogen) atoms. The van der Waals surface area contributed by atoms with Gasteiger partial charge in [-0.25, -0.2) is 4.63 Å². The van der Waals surface area contributed by atoms with Crippen LogP contribution in [-0.2, 0) is 17.8 Å². The summed E-state index contributed by atoms with van der Waals surface area (Å²) in [6, 6.07) is 9.98. The molecule has 1 N–H and O–H groups in total. The number of carbonyl (C=O) groups is 1. The van der Waals surface area contributed by atoms with Gasteiger partial charge in [0.2, 0.25) is 5.91 Å². The largest absolute Gasteiger partial charge is 0.355 e. The molecule has 1 fully saturated rings. The third-order valence-electron chi connectivity index (χ3n) is 4.87. The fourth-order valence-corrected chi connectivity index (χ4v) is 4.29. The highest BCUT2D eigenvalue weighted by atomic mass is 32.1. The predicted octanol–water partition coefficient (Wildman–Crippen LogP) is 2.86. The fraction of sp³-hybridized carbons (Fsp3) is 0.421. The normalized spacial score (nSPS) is 18.2. The first-order chi connectivity index (χ1) is 12.8. The van der Waals surface area contributed by atoms with Crippen molar-refractivity contribution in [3.63, 3.8) is 0 Å². The third kappa shape index (κ3) is 4.11. The second-order valence-corrected chi connectivity index (χ2v) is 7.88. The Balaban J connectivity index is 1.30. The number of nitrogens with one attached hydrogen (secondary N) is 1. The van der Waals surface area contributed by atoms with E-state index in [1.54, 1.807) is 11.3 Å². The molecule has 1 amide bonds. The van der Waals surface area contributed by atoms with Crippen LogP contribution >= 0.6 is 11.3 Å². The molecule has 2 aromatic heterocycles. The molecule has 0 saturated carbocycles. The monoisotopic (exact) mass is 370 g/mol. The number of aromatic nitrogens is 2. The van der Waals surface area contributed by atoms with Crippen LogP contribution in [0.1, 0.15) is 23.3 Å². The summed E-state index contributed by atoms with van der Waals surface area (Å²) in [5, 5.41) is 13.1. The summed E-state index contributed by atoms with van der Waals surface area (Å²) in [7, 11) is 0. The molecule has 6 nitrogen and oxygen atoms in total. The maximum atomic E-state index is 12.1. The average Bonchev–Trinajstić information content (AvgIpc) is 3.32. The summed E-state index contributed by atoms with van der Waals surface area (Å²) in [6.45, 7) is 3.64. The molecule has 1 aromatic carbocycles. The number of likely N-dealkylation sites (tertiary alicyclic amines) is 1. The topological polar surface area (TPSA) is 71.3 Å². The van der Waals surface area contributed by atoms with Crippen LogP contribution in [0.5, 0.6) is 0 Å². The third-order valence-corrected chi connectivity index (χ3v) is 5.75. The summed E-state index contributed by atoms with van der Waals surface area (Å²) in [6.07, 6.45) is 2.79. The van der Waals surface area contributed by atoms with Gasteiger partial charge < -0.3 is 5.32 Å². The minimum Gasteiger partial charge on any atom is -0.355 e. The first-order valence-corrected chi connectivity index (χ1v) is 9.87. The zero-order chi connectivity index (χ0) is 17.8. The molecule has 0 radical (unpaired) electrons. The van der Waals surface area contributed by atoms with Crippen LogP contribution < -0.4 is 5.32 Å². The number of fused-ring (bicyclic) bond motifs is 1. The zero-order valence-corrected chi connectivity index (χ0v) is 15.4. The van der Waals surface area contributed by atoms with Gasteiger partial charge in [-0.2, -0.15) is 0 Å². The van der Waals surface area contributed by atoms with Gasteiger partial charge in [0, 0.05) is 24.5 Å². The van der Waals surface area contributed by atoms with E-state index in [1.165, 1.54) is 0 Å². The zero-order valence-electron chi connectivity index (χ0n) is 14.6. The van der Waals surface area contributed by atoms with E-state index >= 15 is 0 Å². The lowest BCUT2D eigenvalue weighted by molar-refractivity contribution is -0.120. The number of nitrogens with zero attached hydrogens (tertiary/aromatic N) is 3. The van der Waals surface area contributed by atoms with Crippen molar-refractivity contribution in [1.82, 2.24) is 20.5 Å². The minimum absolute atomic E-state index is 0.114. The predicted molar refractivity (Wildman–Crippen MR) is 101 cm³/mol. The van der Waals surface area contributed by atoms with Crippen molar-refractivity contribution in [2.75, 3.05) is 19.6 Å². The van der Waals surface area contributed by atoms with Crippen LogP contribution in [-0.4, -0.2) is 40.8 Å². The second-order valence-electron chi connectivity index (χ2n) is 6.85. The van der Waals surface area contributed by atoms with Crippen molar-refractivity contribution < 1.29 is 9.42 Å². The van der Waals surface area contributed by atoms with E-state index in [-0.39, 0.29) is 5.91 Å². The van der Waals surface area contributed by atoms with Crippen LogP contribution in [0.25, 0.3) is 11.0 Å². The molecule has 0 spiro atoms. The molecule has 1 unspecified atom stereocenters. The van der Waals surface area contributed by atoms with Crippen molar-refractivity contribution in [3.05, 3.63) is 46.2 Å². The van der Waals surface area contributed by atoms with Gasteiger partial charge in [0.1, 0.15) is 11.0 Å². The Hall–Kier alpha value is -2.25. The fourth-order valence-electron chi connectivity index (χ4n) is 3.58. The summed E-state index contributed by atoms with van der Waals surface area (Å²) in [5.41, 5.74) is 2.79. The number of hydrogen-bond acceptors (Lipinski definition) is 6.